The van der Waals surface area contributed by atoms with E-state index in [1.54, 1.807) is 7.05 Å². The number of hydrogen-bond donors (Lipinski definition) is 0. The average molecular weight is 250 g/mol. The SMILES string of the molecule is C[N-]C(C)CC1CCCC1.C[N]=[V].[CH3-].[CH3-]. The smallest absolute Gasteiger partial charge is 0.358 e. The molecule has 1 aliphatic rings. The molecule has 0 aromatic heterocycles. The zero-order valence-electron chi connectivity index (χ0n) is 11.0. The van der Waals surface area contributed by atoms with Gasteiger partial charge in [-0.25, -0.2) is 0 Å². The monoisotopic (exact) mass is 250 g/mol. The van der Waals surface area contributed by atoms with Gasteiger partial charge in [-0.2, -0.15) is 7.05 Å². The Bertz CT molecular complexity index is 123. The van der Waals surface area contributed by atoms with Gasteiger partial charge in [-0.05, 0) is 5.92 Å². The van der Waals surface area contributed by atoms with Gasteiger partial charge < -0.3 is 20.2 Å². The Hall–Kier alpha value is 0.344. The summed E-state index contributed by atoms with van der Waals surface area (Å²) in [5, 5.41) is 4.25. The van der Waals surface area contributed by atoms with Crippen molar-refractivity contribution in [3.8, 4) is 0 Å². The molecule has 0 aromatic rings. The van der Waals surface area contributed by atoms with Crippen LogP contribution in [0.2, 0.25) is 0 Å². The van der Waals surface area contributed by atoms with Gasteiger partial charge in [-0.3, -0.25) is 0 Å². The van der Waals surface area contributed by atoms with Crippen LogP contribution >= 0.6 is 0 Å². The van der Waals surface area contributed by atoms with Crippen molar-refractivity contribution in [1.82, 2.24) is 0 Å². The Labute approximate surface area is 106 Å². The van der Waals surface area contributed by atoms with Crippen LogP contribution in [0.4, 0.5) is 0 Å². The average Bonchev–Trinajstić information content (AvgIpc) is 2.58. The third-order valence-electron chi connectivity index (χ3n) is 2.59. The van der Waals surface area contributed by atoms with Crippen molar-refractivity contribution in [1.29, 1.82) is 0 Å². The Kier molecular flexibility index (Phi) is 19.8. The molecule has 1 atom stereocenters. The van der Waals surface area contributed by atoms with Crippen LogP contribution in [0.1, 0.15) is 39.0 Å². The minimum absolute atomic E-state index is 0. The molecule has 0 aromatic carbocycles. The molecule has 3 heteroatoms. The van der Waals surface area contributed by atoms with Gasteiger partial charge in [0.15, 0.2) is 0 Å². The number of hydrogen-bond acceptors (Lipinski definition) is 1. The van der Waals surface area contributed by atoms with E-state index in [0.717, 1.165) is 5.92 Å². The fraction of sp³-hybridized carbons (Fsp3) is 0.833. The molecule has 1 aliphatic carbocycles. The molecule has 0 spiro atoms. The molecule has 0 saturated heterocycles. The van der Waals surface area contributed by atoms with Crippen molar-refractivity contribution in [2.24, 2.45) is 9.71 Å². The molecule has 1 unspecified atom stereocenters. The maximum Gasteiger partial charge on any atom is -0.358 e. The van der Waals surface area contributed by atoms with Crippen molar-refractivity contribution < 1.29 is 17.2 Å². The van der Waals surface area contributed by atoms with E-state index in [1.807, 2.05) is 7.05 Å². The minimum atomic E-state index is 0. The molecular formula is C12H27N2V-3. The summed E-state index contributed by atoms with van der Waals surface area (Å²) < 4.78 is 3.44. The number of rotatable bonds is 3. The standard InChI is InChI=1S/C9H18N.CH3N.2CH3.V/c1-8(10-2)7-9-5-3-4-6-9;1-2;;;/h8-9H,3-7H2,1-2H3;1H3;2*1H3;/q-1;;2*-1;. The van der Waals surface area contributed by atoms with E-state index in [2.05, 4.69) is 33.3 Å². The molecule has 15 heavy (non-hydrogen) atoms. The van der Waals surface area contributed by atoms with E-state index in [1.165, 1.54) is 32.1 Å². The van der Waals surface area contributed by atoms with Crippen molar-refractivity contribution in [3.05, 3.63) is 20.2 Å². The van der Waals surface area contributed by atoms with Gasteiger partial charge in [-0.15, -0.1) is 6.04 Å². The fourth-order valence-electron chi connectivity index (χ4n) is 1.83. The topological polar surface area (TPSA) is 26.5 Å². The summed E-state index contributed by atoms with van der Waals surface area (Å²) in [5.41, 5.74) is 0. The maximum absolute atomic E-state index is 4.25. The fourth-order valence-corrected chi connectivity index (χ4v) is 1.83. The molecular weight excluding hydrogens is 223 g/mol. The first kappa shape index (κ1) is 20.7. The summed E-state index contributed by atoms with van der Waals surface area (Å²) in [7, 11) is 3.65. The molecule has 0 bridgehead atoms. The van der Waals surface area contributed by atoms with E-state index < -0.39 is 0 Å². The summed E-state index contributed by atoms with van der Waals surface area (Å²) in [6.07, 6.45) is 7.17. The van der Waals surface area contributed by atoms with Gasteiger partial charge >= 0.3 is 28.1 Å². The maximum atomic E-state index is 4.25. The first-order valence-electron chi connectivity index (χ1n) is 5.06. The van der Waals surface area contributed by atoms with Crippen molar-refractivity contribution in [3.63, 3.8) is 0 Å². The largest absolute Gasteiger partial charge is 0.358 e. The molecule has 0 aliphatic heterocycles. The Morgan fingerprint density at radius 3 is 2.07 bits per heavy atom. The van der Waals surface area contributed by atoms with E-state index in [9.17, 15) is 0 Å². The minimum Gasteiger partial charge on any atom is -0.358 e. The molecule has 0 heterocycles. The second kappa shape index (κ2) is 14.3. The van der Waals surface area contributed by atoms with Crippen LogP contribution < -0.4 is 0 Å². The van der Waals surface area contributed by atoms with Gasteiger partial charge in [-0.1, -0.05) is 39.0 Å². The third kappa shape index (κ3) is 12.3. The first-order valence-corrected chi connectivity index (χ1v) is 5.69. The Morgan fingerprint density at radius 1 is 1.33 bits per heavy atom. The van der Waals surface area contributed by atoms with Gasteiger partial charge in [0.25, 0.3) is 0 Å². The van der Waals surface area contributed by atoms with Crippen LogP contribution in [-0.2, 0) is 17.2 Å². The van der Waals surface area contributed by atoms with Crippen LogP contribution in [0.25, 0.3) is 5.32 Å². The molecule has 93 valence electrons. The van der Waals surface area contributed by atoms with Gasteiger partial charge in [0.2, 0.25) is 0 Å². The van der Waals surface area contributed by atoms with E-state index >= 15 is 0 Å². The predicted octanol–water partition coefficient (Wildman–Crippen LogP) is 4.21. The molecule has 0 N–H and O–H groups in total. The molecule has 2 nitrogen and oxygen atoms in total. The molecule has 1 saturated carbocycles. The molecule has 1 rings (SSSR count). The quantitative estimate of drug-likeness (QED) is 0.671. The summed E-state index contributed by atoms with van der Waals surface area (Å²) in [6, 6.07) is 0.600. The molecule has 0 radical (unpaired) electrons. The first-order chi connectivity index (χ1) is 6.24. The second-order valence-corrected chi connectivity index (χ2v) is 4.32. The summed E-state index contributed by atoms with van der Waals surface area (Å²) in [6.45, 7) is 2.22. The van der Waals surface area contributed by atoms with Crippen LogP contribution in [0, 0.1) is 20.8 Å². The normalized spacial score (nSPS) is 16.4. The summed E-state index contributed by atoms with van der Waals surface area (Å²) in [5.74, 6) is 0.999. The second-order valence-electron chi connectivity index (χ2n) is 3.69. The summed E-state index contributed by atoms with van der Waals surface area (Å²) in [4.78, 5) is 0. The van der Waals surface area contributed by atoms with Crippen LogP contribution in [0.5, 0.6) is 0 Å². The van der Waals surface area contributed by atoms with Gasteiger partial charge in [0, 0.05) is 0 Å². The zero-order valence-corrected chi connectivity index (χ0v) is 12.4. The zero-order chi connectivity index (χ0) is 10.1. The van der Waals surface area contributed by atoms with Crippen LogP contribution in [-0.4, -0.2) is 20.1 Å². The molecule has 1 fully saturated rings. The van der Waals surface area contributed by atoms with Crippen LogP contribution in [0.3, 0.4) is 0 Å². The molecule has 0 amide bonds. The van der Waals surface area contributed by atoms with Crippen molar-refractivity contribution in [2.75, 3.05) is 14.1 Å². The van der Waals surface area contributed by atoms with Crippen LogP contribution in [0.15, 0.2) is 3.79 Å². The van der Waals surface area contributed by atoms with E-state index in [0.29, 0.717) is 6.04 Å². The number of nitrogens with zero attached hydrogens (tertiary/aromatic N) is 2. The van der Waals surface area contributed by atoms with E-state index in [4.69, 9.17) is 0 Å². The summed E-state index contributed by atoms with van der Waals surface area (Å²) >= 11 is 2.09. The third-order valence-corrected chi connectivity index (χ3v) is 2.59. The van der Waals surface area contributed by atoms with E-state index in [-0.39, 0.29) is 14.9 Å². The van der Waals surface area contributed by atoms with Gasteiger partial charge in [0.05, 0.1) is 0 Å². The Morgan fingerprint density at radius 2 is 1.73 bits per heavy atom. The Balaban J connectivity index is -0.000000260. The van der Waals surface area contributed by atoms with Crippen molar-refractivity contribution >= 4 is 0 Å². The predicted molar refractivity (Wildman–Crippen MR) is 66.5 cm³/mol. The van der Waals surface area contributed by atoms with Gasteiger partial charge in [0.1, 0.15) is 0 Å². The van der Waals surface area contributed by atoms with Crippen molar-refractivity contribution in [2.45, 2.75) is 45.1 Å².